The molecule has 156 valence electrons. The summed E-state index contributed by atoms with van der Waals surface area (Å²) >= 11 is 0. The van der Waals surface area contributed by atoms with Crippen molar-refractivity contribution in [2.24, 2.45) is 0 Å². The van der Waals surface area contributed by atoms with Gasteiger partial charge in [-0.05, 0) is 41.5 Å². The summed E-state index contributed by atoms with van der Waals surface area (Å²) in [6.07, 6.45) is 4.74. The highest BCUT2D eigenvalue weighted by Crippen LogP contribution is 2.40. The molecule has 2 heterocycles. The van der Waals surface area contributed by atoms with Crippen LogP contribution in [0.4, 0.5) is 4.39 Å². The highest BCUT2D eigenvalue weighted by molar-refractivity contribution is 6.01. The summed E-state index contributed by atoms with van der Waals surface area (Å²) in [5.74, 6) is 0.0141. The van der Waals surface area contributed by atoms with Crippen LogP contribution in [0, 0.1) is 5.82 Å². The van der Waals surface area contributed by atoms with Crippen molar-refractivity contribution in [1.82, 2.24) is 4.90 Å². The molecule has 0 aliphatic carbocycles. The summed E-state index contributed by atoms with van der Waals surface area (Å²) in [6, 6.07) is 11.9. The zero-order chi connectivity index (χ0) is 21.1. The molecule has 0 unspecified atom stereocenters. The molecule has 2 aliphatic rings. The number of fused-ring (bicyclic) bond motifs is 1. The first-order valence-corrected chi connectivity index (χ1v) is 10.1. The van der Waals surface area contributed by atoms with Gasteiger partial charge in [-0.25, -0.2) is 4.39 Å². The van der Waals surface area contributed by atoms with E-state index in [9.17, 15) is 14.0 Å². The number of carbonyl (C=O) groups excluding carboxylic acids is 2. The van der Waals surface area contributed by atoms with Crippen molar-refractivity contribution in [3.8, 4) is 5.75 Å². The van der Waals surface area contributed by atoms with Gasteiger partial charge in [0, 0.05) is 32.5 Å². The summed E-state index contributed by atoms with van der Waals surface area (Å²) in [5, 5.41) is 8.81. The molecule has 0 aromatic heterocycles. The highest BCUT2D eigenvalue weighted by atomic mass is 19.1. The third kappa shape index (κ3) is 4.50. The summed E-state index contributed by atoms with van der Waals surface area (Å²) in [6.45, 7) is 1.83. The topological polar surface area (TPSA) is 66.8 Å². The minimum absolute atomic E-state index is 0.0481. The van der Waals surface area contributed by atoms with E-state index in [-0.39, 0.29) is 17.4 Å². The lowest BCUT2D eigenvalue weighted by Crippen LogP contribution is -2.50. The number of piperidine rings is 1. The Morgan fingerprint density at radius 3 is 2.60 bits per heavy atom. The molecule has 30 heavy (non-hydrogen) atoms. The van der Waals surface area contributed by atoms with Crippen molar-refractivity contribution in [1.29, 1.82) is 0 Å². The van der Waals surface area contributed by atoms with Crippen LogP contribution in [0.25, 0.3) is 6.08 Å². The van der Waals surface area contributed by atoms with Crippen molar-refractivity contribution in [2.45, 2.75) is 31.4 Å². The zero-order valence-electron chi connectivity index (χ0n) is 16.6. The van der Waals surface area contributed by atoms with Gasteiger partial charge in [-0.1, -0.05) is 24.3 Å². The number of aliphatic hydroxyl groups excluding tert-OH is 1. The number of ether oxygens (including phenoxy) is 1. The molecule has 0 amide bonds. The Balaban J connectivity index is 1.42. The van der Waals surface area contributed by atoms with Gasteiger partial charge in [-0.3, -0.25) is 14.5 Å². The van der Waals surface area contributed by atoms with Crippen LogP contribution in [0.2, 0.25) is 0 Å². The van der Waals surface area contributed by atoms with E-state index < -0.39 is 12.2 Å². The van der Waals surface area contributed by atoms with Crippen LogP contribution in [0.3, 0.4) is 0 Å². The van der Waals surface area contributed by atoms with E-state index in [0.717, 1.165) is 43.6 Å². The van der Waals surface area contributed by atoms with Crippen LogP contribution >= 0.6 is 0 Å². The van der Waals surface area contributed by atoms with E-state index >= 15 is 0 Å². The fourth-order valence-corrected chi connectivity index (χ4v) is 4.10. The van der Waals surface area contributed by atoms with Gasteiger partial charge in [0.1, 0.15) is 23.8 Å². The minimum atomic E-state index is -0.538. The second-order valence-electron chi connectivity index (χ2n) is 8.00. The predicted octanol–water partition coefficient (Wildman–Crippen LogP) is 3.40. The Labute approximate surface area is 174 Å². The van der Waals surface area contributed by atoms with Crippen molar-refractivity contribution < 1.29 is 23.8 Å². The second-order valence-corrected chi connectivity index (χ2v) is 8.00. The van der Waals surface area contributed by atoms with Crippen LogP contribution in [0.15, 0.2) is 48.5 Å². The Bertz CT molecular complexity index is 975. The number of nitrogens with zero attached hydrogens (tertiary/aromatic N) is 1. The van der Waals surface area contributed by atoms with Gasteiger partial charge in [-0.2, -0.15) is 0 Å². The van der Waals surface area contributed by atoms with Crippen molar-refractivity contribution in [3.05, 3.63) is 71.0 Å². The first-order chi connectivity index (χ1) is 14.5. The molecule has 2 aliphatic heterocycles. The van der Waals surface area contributed by atoms with E-state index in [0.29, 0.717) is 17.7 Å². The summed E-state index contributed by atoms with van der Waals surface area (Å²) in [4.78, 5) is 26.4. The standard InChI is InChI=1S/C24H24FNO4/c25-19-5-1-18(2-6-19)15-26-11-9-24(10-12-26)14-22(29)21-13-17(3-7-20(28)16-27)4-8-23(21)30-24/h1-8,13,27H,9-12,14-16H2/b7-3+. The van der Waals surface area contributed by atoms with E-state index in [1.54, 1.807) is 36.4 Å². The maximum absolute atomic E-state index is 13.1. The smallest absolute Gasteiger partial charge is 0.181 e. The molecule has 1 spiro atoms. The Morgan fingerprint density at radius 1 is 1.17 bits per heavy atom. The lowest BCUT2D eigenvalue weighted by atomic mass is 9.82. The average Bonchev–Trinajstić information content (AvgIpc) is 2.75. The molecule has 1 N–H and O–H groups in total. The lowest BCUT2D eigenvalue weighted by molar-refractivity contribution is -0.117. The first kappa shape index (κ1) is 20.4. The number of hydrogen-bond donors (Lipinski definition) is 1. The summed E-state index contributed by atoms with van der Waals surface area (Å²) in [5.41, 5.74) is 1.84. The number of rotatable bonds is 5. The number of ketones is 2. The number of Topliss-reactive ketones (excluding diaryl/α,β-unsaturated/α-hetero) is 1. The number of hydrogen-bond acceptors (Lipinski definition) is 5. The maximum Gasteiger partial charge on any atom is 0.181 e. The van der Waals surface area contributed by atoms with Gasteiger partial charge in [-0.15, -0.1) is 0 Å². The molecule has 0 saturated carbocycles. The fourth-order valence-electron chi connectivity index (χ4n) is 4.10. The van der Waals surface area contributed by atoms with Gasteiger partial charge in [0.25, 0.3) is 0 Å². The molecule has 1 fully saturated rings. The molecule has 5 nitrogen and oxygen atoms in total. The summed E-state index contributed by atoms with van der Waals surface area (Å²) in [7, 11) is 0. The third-order valence-electron chi connectivity index (χ3n) is 5.82. The predicted molar refractivity (Wildman–Crippen MR) is 111 cm³/mol. The van der Waals surface area contributed by atoms with Crippen LogP contribution in [0.1, 0.15) is 40.7 Å². The van der Waals surface area contributed by atoms with E-state index in [4.69, 9.17) is 9.84 Å². The minimum Gasteiger partial charge on any atom is -0.486 e. The third-order valence-corrected chi connectivity index (χ3v) is 5.82. The molecule has 2 aromatic carbocycles. The lowest BCUT2D eigenvalue weighted by Gasteiger charge is -2.44. The molecule has 0 radical (unpaired) electrons. The zero-order valence-corrected chi connectivity index (χ0v) is 16.6. The summed E-state index contributed by atoms with van der Waals surface area (Å²) < 4.78 is 19.4. The molecule has 6 heteroatoms. The van der Waals surface area contributed by atoms with E-state index in [1.807, 2.05) is 0 Å². The van der Waals surface area contributed by atoms with E-state index in [2.05, 4.69) is 4.90 Å². The monoisotopic (exact) mass is 409 g/mol. The number of benzene rings is 2. The molecular weight excluding hydrogens is 385 g/mol. The quantitative estimate of drug-likeness (QED) is 0.767. The van der Waals surface area contributed by atoms with Gasteiger partial charge in [0.05, 0.1) is 12.0 Å². The van der Waals surface area contributed by atoms with Crippen LogP contribution in [0.5, 0.6) is 5.75 Å². The first-order valence-electron chi connectivity index (χ1n) is 10.1. The second kappa shape index (κ2) is 8.50. The molecule has 0 bridgehead atoms. The van der Waals surface area contributed by atoms with Gasteiger partial charge in [0.2, 0.25) is 0 Å². The molecule has 0 atom stereocenters. The number of carbonyl (C=O) groups is 2. The Kier molecular flexibility index (Phi) is 5.79. The maximum atomic E-state index is 13.1. The molecule has 2 aromatic rings. The highest BCUT2D eigenvalue weighted by Gasteiger charge is 2.42. The average molecular weight is 409 g/mol. The number of likely N-dealkylation sites (tertiary alicyclic amines) is 1. The van der Waals surface area contributed by atoms with Crippen LogP contribution in [-0.4, -0.2) is 46.9 Å². The Hall–Kier alpha value is -2.83. The van der Waals surface area contributed by atoms with Gasteiger partial charge < -0.3 is 9.84 Å². The molecule has 1 saturated heterocycles. The molecular formula is C24H24FNO4. The number of aliphatic hydroxyl groups is 1. The molecule has 4 rings (SSSR count). The fraction of sp³-hybridized carbons (Fsp3) is 0.333. The van der Waals surface area contributed by atoms with Crippen molar-refractivity contribution in [3.63, 3.8) is 0 Å². The largest absolute Gasteiger partial charge is 0.486 e. The van der Waals surface area contributed by atoms with Gasteiger partial charge in [0.15, 0.2) is 11.6 Å². The normalized spacial score (nSPS) is 18.4. The van der Waals surface area contributed by atoms with Crippen molar-refractivity contribution >= 4 is 17.6 Å². The SMILES string of the molecule is O=C(/C=C/c1ccc2c(c1)C(=O)CC1(CCN(Cc3ccc(F)cc3)CC1)O2)CO. The Morgan fingerprint density at radius 2 is 1.90 bits per heavy atom. The van der Waals surface area contributed by atoms with Gasteiger partial charge >= 0.3 is 0 Å². The van der Waals surface area contributed by atoms with Crippen LogP contribution < -0.4 is 4.74 Å². The van der Waals surface area contributed by atoms with Crippen molar-refractivity contribution in [2.75, 3.05) is 19.7 Å². The van der Waals surface area contributed by atoms with E-state index in [1.165, 1.54) is 18.2 Å². The van der Waals surface area contributed by atoms with Crippen LogP contribution in [-0.2, 0) is 11.3 Å². The number of halogens is 1.